The molecule has 0 spiro atoms. The van der Waals surface area contributed by atoms with Gasteiger partial charge in [0.2, 0.25) is 5.43 Å². The Balaban J connectivity index is 2.59. The Labute approximate surface area is 104 Å². The SMILES string of the molecule is CC(C)COc1cccc2occ(C=O)c(=O)c12. The molecule has 4 nitrogen and oxygen atoms in total. The summed E-state index contributed by atoms with van der Waals surface area (Å²) in [5, 5.41) is 0.322. The number of benzene rings is 1. The van der Waals surface area contributed by atoms with Crippen LogP contribution in [0.1, 0.15) is 24.2 Å². The summed E-state index contributed by atoms with van der Waals surface area (Å²) in [6, 6.07) is 5.13. The molecule has 1 aromatic heterocycles. The fourth-order valence-electron chi connectivity index (χ4n) is 1.62. The molecule has 0 fully saturated rings. The second-order valence-corrected chi connectivity index (χ2v) is 4.47. The van der Waals surface area contributed by atoms with Crippen LogP contribution in [0.2, 0.25) is 0 Å². The highest BCUT2D eigenvalue weighted by molar-refractivity contribution is 5.88. The molecule has 0 radical (unpaired) electrons. The minimum atomic E-state index is -0.356. The van der Waals surface area contributed by atoms with Crippen molar-refractivity contribution >= 4 is 17.3 Å². The van der Waals surface area contributed by atoms with Gasteiger partial charge in [0, 0.05) is 0 Å². The van der Waals surface area contributed by atoms with Gasteiger partial charge < -0.3 is 9.15 Å². The van der Waals surface area contributed by atoms with E-state index in [0.29, 0.717) is 35.5 Å². The van der Waals surface area contributed by atoms with Crippen LogP contribution in [-0.4, -0.2) is 12.9 Å². The van der Waals surface area contributed by atoms with Gasteiger partial charge in [-0.1, -0.05) is 19.9 Å². The fourth-order valence-corrected chi connectivity index (χ4v) is 1.62. The third-order valence-electron chi connectivity index (χ3n) is 2.49. The minimum Gasteiger partial charge on any atom is -0.492 e. The minimum absolute atomic E-state index is 0.00287. The van der Waals surface area contributed by atoms with Crippen molar-refractivity contribution in [2.24, 2.45) is 5.92 Å². The molecule has 0 saturated carbocycles. The van der Waals surface area contributed by atoms with Gasteiger partial charge in [-0.25, -0.2) is 0 Å². The van der Waals surface area contributed by atoms with Crippen LogP contribution in [0, 0.1) is 5.92 Å². The largest absolute Gasteiger partial charge is 0.492 e. The molecule has 18 heavy (non-hydrogen) atoms. The number of carbonyl (C=O) groups excluding carboxylic acids is 1. The van der Waals surface area contributed by atoms with Gasteiger partial charge in [0.1, 0.15) is 23.0 Å². The maximum atomic E-state index is 12.1. The van der Waals surface area contributed by atoms with Crippen molar-refractivity contribution in [3.63, 3.8) is 0 Å². The van der Waals surface area contributed by atoms with Crippen LogP contribution in [0.15, 0.2) is 33.7 Å². The maximum absolute atomic E-state index is 12.1. The molecule has 1 heterocycles. The molecule has 0 aliphatic heterocycles. The molecule has 4 heteroatoms. The molecule has 2 aromatic rings. The Kier molecular flexibility index (Phi) is 3.46. The molecule has 0 aliphatic carbocycles. The molecule has 1 aromatic carbocycles. The highest BCUT2D eigenvalue weighted by atomic mass is 16.5. The van der Waals surface area contributed by atoms with Gasteiger partial charge in [0.05, 0.1) is 12.2 Å². The first-order valence-electron chi connectivity index (χ1n) is 5.76. The van der Waals surface area contributed by atoms with Crippen molar-refractivity contribution < 1.29 is 13.9 Å². The first kappa shape index (κ1) is 12.4. The van der Waals surface area contributed by atoms with Crippen LogP contribution in [0.25, 0.3) is 11.0 Å². The topological polar surface area (TPSA) is 56.5 Å². The number of hydrogen-bond acceptors (Lipinski definition) is 4. The second kappa shape index (κ2) is 5.04. The molecule has 0 saturated heterocycles. The van der Waals surface area contributed by atoms with E-state index in [-0.39, 0.29) is 11.0 Å². The van der Waals surface area contributed by atoms with E-state index in [0.717, 1.165) is 0 Å². The first-order chi connectivity index (χ1) is 8.63. The number of rotatable bonds is 4. The number of fused-ring (bicyclic) bond motifs is 1. The number of hydrogen-bond donors (Lipinski definition) is 0. The van der Waals surface area contributed by atoms with Crippen LogP contribution >= 0.6 is 0 Å². The van der Waals surface area contributed by atoms with E-state index in [1.54, 1.807) is 18.2 Å². The summed E-state index contributed by atoms with van der Waals surface area (Å²) in [4.78, 5) is 22.8. The van der Waals surface area contributed by atoms with E-state index in [2.05, 4.69) is 0 Å². The van der Waals surface area contributed by atoms with E-state index in [1.807, 2.05) is 13.8 Å². The summed E-state index contributed by atoms with van der Waals surface area (Å²) >= 11 is 0. The van der Waals surface area contributed by atoms with Gasteiger partial charge in [0.25, 0.3) is 0 Å². The fraction of sp³-hybridized carbons (Fsp3) is 0.286. The number of aldehydes is 1. The lowest BCUT2D eigenvalue weighted by Gasteiger charge is -2.10. The zero-order valence-electron chi connectivity index (χ0n) is 10.3. The normalized spacial score (nSPS) is 10.8. The Hall–Kier alpha value is -2.10. The first-order valence-corrected chi connectivity index (χ1v) is 5.76. The van der Waals surface area contributed by atoms with E-state index < -0.39 is 0 Å². The van der Waals surface area contributed by atoms with Crippen LogP contribution in [0.5, 0.6) is 5.75 Å². The van der Waals surface area contributed by atoms with Gasteiger partial charge in [0.15, 0.2) is 6.29 Å². The van der Waals surface area contributed by atoms with Gasteiger partial charge in [-0.2, -0.15) is 0 Å². The summed E-state index contributed by atoms with van der Waals surface area (Å²) in [6.07, 6.45) is 1.66. The molecule has 0 atom stereocenters. The molecule has 0 aliphatic rings. The van der Waals surface area contributed by atoms with Crippen LogP contribution in [-0.2, 0) is 0 Å². The van der Waals surface area contributed by atoms with E-state index in [4.69, 9.17) is 9.15 Å². The number of carbonyl (C=O) groups is 1. The average molecular weight is 246 g/mol. The van der Waals surface area contributed by atoms with Gasteiger partial charge in [-0.05, 0) is 18.1 Å². The quantitative estimate of drug-likeness (QED) is 0.778. The monoisotopic (exact) mass is 246 g/mol. The molecule has 0 unspecified atom stereocenters. The zero-order valence-corrected chi connectivity index (χ0v) is 10.3. The van der Waals surface area contributed by atoms with E-state index >= 15 is 0 Å². The Morgan fingerprint density at radius 1 is 1.39 bits per heavy atom. The van der Waals surface area contributed by atoms with Crippen molar-refractivity contribution in [2.45, 2.75) is 13.8 Å². The highest BCUT2D eigenvalue weighted by Gasteiger charge is 2.11. The lowest BCUT2D eigenvalue weighted by atomic mass is 10.1. The maximum Gasteiger partial charge on any atom is 0.206 e. The summed E-state index contributed by atoms with van der Waals surface area (Å²) in [5.41, 5.74) is 0.0700. The second-order valence-electron chi connectivity index (χ2n) is 4.47. The smallest absolute Gasteiger partial charge is 0.206 e. The molecule has 2 rings (SSSR count). The van der Waals surface area contributed by atoms with E-state index in [1.165, 1.54) is 6.26 Å². The van der Waals surface area contributed by atoms with Crippen molar-refractivity contribution in [3.05, 3.63) is 40.2 Å². The molecule has 0 amide bonds. The Morgan fingerprint density at radius 2 is 2.17 bits per heavy atom. The molecule has 0 bridgehead atoms. The van der Waals surface area contributed by atoms with Crippen molar-refractivity contribution in [1.29, 1.82) is 0 Å². The molecular weight excluding hydrogens is 232 g/mol. The van der Waals surface area contributed by atoms with E-state index in [9.17, 15) is 9.59 Å². The highest BCUT2D eigenvalue weighted by Crippen LogP contribution is 2.23. The third kappa shape index (κ3) is 2.27. The lowest BCUT2D eigenvalue weighted by Crippen LogP contribution is -2.11. The summed E-state index contributed by atoms with van der Waals surface area (Å²) in [5.74, 6) is 0.806. The standard InChI is InChI=1S/C14H14O4/c1-9(2)7-17-11-4-3-5-12-13(11)14(16)10(6-15)8-18-12/h3-6,8-9H,7H2,1-2H3. The molecular formula is C14H14O4. The van der Waals surface area contributed by atoms with Crippen molar-refractivity contribution in [3.8, 4) is 5.75 Å². The molecule has 0 N–H and O–H groups in total. The summed E-state index contributed by atoms with van der Waals surface area (Å²) in [6.45, 7) is 4.54. The van der Waals surface area contributed by atoms with Crippen LogP contribution in [0.3, 0.4) is 0 Å². The van der Waals surface area contributed by atoms with Crippen molar-refractivity contribution in [2.75, 3.05) is 6.61 Å². The summed E-state index contributed by atoms with van der Waals surface area (Å²) in [7, 11) is 0. The Morgan fingerprint density at radius 3 is 2.83 bits per heavy atom. The van der Waals surface area contributed by atoms with Crippen LogP contribution in [0.4, 0.5) is 0 Å². The van der Waals surface area contributed by atoms with Gasteiger partial charge in [-0.3, -0.25) is 9.59 Å². The van der Waals surface area contributed by atoms with Gasteiger partial charge >= 0.3 is 0 Å². The summed E-state index contributed by atoms with van der Waals surface area (Å²) < 4.78 is 10.8. The zero-order chi connectivity index (χ0) is 13.1. The number of ether oxygens (including phenoxy) is 1. The molecule has 94 valence electrons. The van der Waals surface area contributed by atoms with Crippen LogP contribution < -0.4 is 10.2 Å². The average Bonchev–Trinajstić information content (AvgIpc) is 2.36. The van der Waals surface area contributed by atoms with Crippen molar-refractivity contribution in [1.82, 2.24) is 0 Å². The lowest BCUT2D eigenvalue weighted by molar-refractivity contribution is 0.112. The predicted octanol–water partition coefficient (Wildman–Crippen LogP) is 2.64. The third-order valence-corrected chi connectivity index (χ3v) is 2.49. The predicted molar refractivity (Wildman–Crippen MR) is 68.2 cm³/mol. The Bertz CT molecular complexity index is 625. The van der Waals surface area contributed by atoms with Gasteiger partial charge in [-0.15, -0.1) is 0 Å².